The van der Waals surface area contributed by atoms with Gasteiger partial charge in [0.25, 0.3) is 0 Å². The molecular weight excluding hydrogens is 388 g/mol. The van der Waals surface area contributed by atoms with Gasteiger partial charge < -0.3 is 14.8 Å². The van der Waals surface area contributed by atoms with E-state index in [4.69, 9.17) is 9.47 Å². The molecule has 0 saturated carbocycles. The summed E-state index contributed by atoms with van der Waals surface area (Å²) in [5.41, 5.74) is 0.963. The molecule has 0 radical (unpaired) electrons. The quantitative estimate of drug-likeness (QED) is 0.595. The van der Waals surface area contributed by atoms with Crippen molar-refractivity contribution in [3.63, 3.8) is 0 Å². The van der Waals surface area contributed by atoms with Gasteiger partial charge in [-0.25, -0.2) is 0 Å². The number of benzene rings is 1. The summed E-state index contributed by atoms with van der Waals surface area (Å²) in [5, 5.41) is 12.6. The molecule has 0 aliphatic carbocycles. The molecule has 0 bridgehead atoms. The van der Waals surface area contributed by atoms with E-state index >= 15 is 0 Å². The van der Waals surface area contributed by atoms with Crippen LogP contribution in [0.3, 0.4) is 0 Å². The highest BCUT2D eigenvalue weighted by Crippen LogP contribution is 2.27. The van der Waals surface area contributed by atoms with Crippen molar-refractivity contribution in [2.75, 3.05) is 19.5 Å². The summed E-state index contributed by atoms with van der Waals surface area (Å²) in [6.07, 6.45) is 4.12. The SMILES string of the molecule is CCC(CC)NC(=O)CSc1nnc(-c2ccc(OC)cc2)n1C[C@H]1CCCO1. The Morgan fingerprint density at radius 3 is 2.69 bits per heavy atom. The zero-order chi connectivity index (χ0) is 20.6. The number of hydrogen-bond donors (Lipinski definition) is 1. The first-order chi connectivity index (χ1) is 14.1. The van der Waals surface area contributed by atoms with E-state index in [9.17, 15) is 4.79 Å². The van der Waals surface area contributed by atoms with Crippen molar-refractivity contribution in [1.82, 2.24) is 20.1 Å². The molecular formula is C21H30N4O3S. The Kier molecular flexibility index (Phi) is 7.94. The molecule has 1 atom stereocenters. The van der Waals surface area contributed by atoms with Crippen molar-refractivity contribution in [3.8, 4) is 17.1 Å². The predicted octanol–water partition coefficient (Wildman–Crippen LogP) is 3.53. The van der Waals surface area contributed by atoms with Crippen molar-refractivity contribution >= 4 is 17.7 Å². The third-order valence-electron chi connectivity index (χ3n) is 5.16. The number of rotatable bonds is 10. The highest BCUT2D eigenvalue weighted by atomic mass is 32.2. The van der Waals surface area contributed by atoms with Crippen molar-refractivity contribution in [2.24, 2.45) is 0 Å². The van der Waals surface area contributed by atoms with E-state index in [1.54, 1.807) is 7.11 Å². The molecule has 29 heavy (non-hydrogen) atoms. The molecule has 1 aromatic heterocycles. The lowest BCUT2D eigenvalue weighted by Crippen LogP contribution is -2.35. The Bertz CT molecular complexity index is 784. The van der Waals surface area contributed by atoms with E-state index in [1.807, 2.05) is 24.3 Å². The summed E-state index contributed by atoms with van der Waals surface area (Å²) in [6, 6.07) is 8.00. The number of thioether (sulfide) groups is 1. The zero-order valence-electron chi connectivity index (χ0n) is 17.4. The maximum atomic E-state index is 12.3. The number of carbonyl (C=O) groups excluding carboxylic acids is 1. The minimum atomic E-state index is 0.0290. The van der Waals surface area contributed by atoms with Crippen LogP contribution in [-0.4, -0.2) is 52.3 Å². The maximum Gasteiger partial charge on any atom is 0.230 e. The summed E-state index contributed by atoms with van der Waals surface area (Å²) in [7, 11) is 1.65. The van der Waals surface area contributed by atoms with E-state index < -0.39 is 0 Å². The highest BCUT2D eigenvalue weighted by molar-refractivity contribution is 7.99. The van der Waals surface area contributed by atoms with Gasteiger partial charge in [0.2, 0.25) is 5.91 Å². The molecule has 1 amide bonds. The monoisotopic (exact) mass is 418 g/mol. The van der Waals surface area contributed by atoms with Gasteiger partial charge in [0, 0.05) is 18.2 Å². The molecule has 0 spiro atoms. The van der Waals surface area contributed by atoms with Crippen LogP contribution in [0.25, 0.3) is 11.4 Å². The van der Waals surface area contributed by atoms with Gasteiger partial charge in [-0.3, -0.25) is 9.36 Å². The normalized spacial score (nSPS) is 16.3. The lowest BCUT2D eigenvalue weighted by Gasteiger charge is -2.16. The second-order valence-corrected chi connectivity index (χ2v) is 8.09. The maximum absolute atomic E-state index is 12.3. The zero-order valence-corrected chi connectivity index (χ0v) is 18.2. The molecule has 3 rings (SSSR count). The highest BCUT2D eigenvalue weighted by Gasteiger charge is 2.22. The third kappa shape index (κ3) is 5.73. The smallest absolute Gasteiger partial charge is 0.230 e. The van der Waals surface area contributed by atoms with Crippen molar-refractivity contribution in [2.45, 2.75) is 63.4 Å². The summed E-state index contributed by atoms with van der Waals surface area (Å²) >= 11 is 1.42. The topological polar surface area (TPSA) is 78.3 Å². The number of aromatic nitrogens is 3. The fraction of sp³-hybridized carbons (Fsp3) is 0.571. The molecule has 7 nitrogen and oxygen atoms in total. The molecule has 1 fully saturated rings. The van der Waals surface area contributed by atoms with Gasteiger partial charge in [-0.15, -0.1) is 10.2 Å². The number of nitrogens with zero attached hydrogens (tertiary/aromatic N) is 3. The van der Waals surface area contributed by atoms with Crippen LogP contribution < -0.4 is 10.1 Å². The van der Waals surface area contributed by atoms with Crippen LogP contribution >= 0.6 is 11.8 Å². The standard InChI is InChI=1S/C21H30N4O3S/c1-4-16(5-2)22-19(26)14-29-21-24-23-20(15-8-10-17(27-3)11-9-15)25(21)13-18-7-6-12-28-18/h8-11,16,18H,4-7,12-14H2,1-3H3,(H,22,26)/t18-/m1/s1. The van der Waals surface area contributed by atoms with Gasteiger partial charge in [0.1, 0.15) is 5.75 Å². The molecule has 0 unspecified atom stereocenters. The first kappa shape index (κ1) is 21.6. The third-order valence-corrected chi connectivity index (χ3v) is 6.13. The molecule has 1 aliphatic rings. The first-order valence-electron chi connectivity index (χ1n) is 10.3. The van der Waals surface area contributed by atoms with Crippen LogP contribution in [0.2, 0.25) is 0 Å². The Morgan fingerprint density at radius 1 is 1.31 bits per heavy atom. The van der Waals surface area contributed by atoms with Crippen molar-refractivity contribution in [3.05, 3.63) is 24.3 Å². The van der Waals surface area contributed by atoms with Crippen LogP contribution in [-0.2, 0) is 16.1 Å². The van der Waals surface area contributed by atoms with Crippen LogP contribution in [0.5, 0.6) is 5.75 Å². The van der Waals surface area contributed by atoms with Gasteiger partial charge >= 0.3 is 0 Å². The number of methoxy groups -OCH3 is 1. The Morgan fingerprint density at radius 2 is 2.07 bits per heavy atom. The van der Waals surface area contributed by atoms with E-state index in [0.717, 1.165) is 54.6 Å². The first-order valence-corrected chi connectivity index (χ1v) is 11.2. The largest absolute Gasteiger partial charge is 0.497 e. The number of hydrogen-bond acceptors (Lipinski definition) is 6. The van der Waals surface area contributed by atoms with Gasteiger partial charge in [-0.2, -0.15) is 0 Å². The van der Waals surface area contributed by atoms with Crippen molar-refractivity contribution < 1.29 is 14.3 Å². The summed E-state index contributed by atoms with van der Waals surface area (Å²) in [4.78, 5) is 12.3. The van der Waals surface area contributed by atoms with Gasteiger partial charge in [-0.05, 0) is 49.9 Å². The number of nitrogens with one attached hydrogen (secondary N) is 1. The molecule has 1 saturated heterocycles. The van der Waals surface area contributed by atoms with Gasteiger partial charge in [0.15, 0.2) is 11.0 Å². The Labute approximate surface area is 176 Å². The van der Waals surface area contributed by atoms with E-state index in [2.05, 4.69) is 33.9 Å². The van der Waals surface area contributed by atoms with Crippen LogP contribution in [0.4, 0.5) is 0 Å². The molecule has 8 heteroatoms. The summed E-state index contributed by atoms with van der Waals surface area (Å²) < 4.78 is 13.2. The minimum absolute atomic E-state index is 0.0290. The number of carbonyl (C=O) groups is 1. The average molecular weight is 419 g/mol. The lowest BCUT2D eigenvalue weighted by molar-refractivity contribution is -0.119. The summed E-state index contributed by atoms with van der Waals surface area (Å²) in [6.45, 7) is 5.65. The molecule has 1 aliphatic heterocycles. The molecule has 2 aromatic rings. The van der Waals surface area contributed by atoms with Crippen LogP contribution in [0, 0.1) is 0 Å². The van der Waals surface area contributed by atoms with Crippen LogP contribution in [0.15, 0.2) is 29.4 Å². The second-order valence-electron chi connectivity index (χ2n) is 7.15. The van der Waals surface area contributed by atoms with E-state index in [0.29, 0.717) is 12.3 Å². The molecule has 2 heterocycles. The Balaban J connectivity index is 1.76. The van der Waals surface area contributed by atoms with Crippen LogP contribution in [0.1, 0.15) is 39.5 Å². The minimum Gasteiger partial charge on any atom is -0.497 e. The van der Waals surface area contributed by atoms with Gasteiger partial charge in [0.05, 0.1) is 25.5 Å². The van der Waals surface area contributed by atoms with E-state index in [1.165, 1.54) is 11.8 Å². The van der Waals surface area contributed by atoms with E-state index in [-0.39, 0.29) is 18.1 Å². The Hall–Kier alpha value is -2.06. The number of amides is 1. The second kappa shape index (κ2) is 10.6. The van der Waals surface area contributed by atoms with Gasteiger partial charge in [-0.1, -0.05) is 25.6 Å². The lowest BCUT2D eigenvalue weighted by atomic mass is 10.2. The molecule has 158 valence electrons. The average Bonchev–Trinajstić information content (AvgIpc) is 3.41. The predicted molar refractivity (Wildman–Crippen MR) is 114 cm³/mol. The fourth-order valence-electron chi connectivity index (χ4n) is 3.40. The molecule has 1 N–H and O–H groups in total. The van der Waals surface area contributed by atoms with Crippen molar-refractivity contribution in [1.29, 1.82) is 0 Å². The molecule has 1 aromatic carbocycles. The fourth-order valence-corrected chi connectivity index (χ4v) is 4.16. The number of ether oxygens (including phenoxy) is 2. The summed E-state index contributed by atoms with van der Waals surface area (Å²) in [5.74, 6) is 1.93.